The molecule has 7 saturated heterocycles. The number of benzene rings is 2. The second-order valence-corrected chi connectivity index (χ2v) is 36.7. The number of rotatable bonds is 30. The van der Waals surface area contributed by atoms with Crippen molar-refractivity contribution in [2.24, 2.45) is 0 Å². The molecule has 148 heavy (non-hydrogen) atoms. The lowest BCUT2D eigenvalue weighted by atomic mass is 9.90. The molecule has 7 aliphatic heterocycles. The van der Waals surface area contributed by atoms with Gasteiger partial charge in [0.2, 0.25) is 23.5 Å². The predicted molar refractivity (Wildman–Crippen MR) is 554 cm³/mol. The van der Waals surface area contributed by atoms with Gasteiger partial charge in [-0.05, 0) is 219 Å². The van der Waals surface area contributed by atoms with Crippen LogP contribution in [0.2, 0.25) is 0 Å². The molecule has 768 valence electrons. The highest BCUT2D eigenvalue weighted by Gasteiger charge is 2.31. The summed E-state index contributed by atoms with van der Waals surface area (Å²) in [5.74, 6) is 9.97. The van der Waals surface area contributed by atoms with E-state index < -0.39 is 0 Å². The average molecular weight is 2010 g/mol. The van der Waals surface area contributed by atoms with Crippen LogP contribution in [0.25, 0.3) is 45.3 Å². The van der Waals surface area contributed by atoms with E-state index in [9.17, 15) is 25.8 Å². The minimum atomic E-state index is -0.214. The fourth-order valence-corrected chi connectivity index (χ4v) is 18.5. The number of anilines is 8. The lowest BCUT2D eigenvalue weighted by molar-refractivity contribution is 0.0251. The molecule has 19 rings (SSSR count). The van der Waals surface area contributed by atoms with Gasteiger partial charge >= 0.3 is 0 Å². The Morgan fingerprint density at radius 1 is 0.351 bits per heavy atom. The first-order valence-corrected chi connectivity index (χ1v) is 50.2. The van der Waals surface area contributed by atoms with E-state index in [-0.39, 0.29) is 41.9 Å². The van der Waals surface area contributed by atoms with Crippen molar-refractivity contribution in [3.05, 3.63) is 204 Å². The zero-order valence-corrected chi connectivity index (χ0v) is 84.9. The van der Waals surface area contributed by atoms with E-state index in [0.717, 1.165) is 170 Å². The van der Waals surface area contributed by atoms with Crippen LogP contribution in [0.15, 0.2) is 159 Å². The Morgan fingerprint density at radius 3 is 1.05 bits per heavy atom. The van der Waals surface area contributed by atoms with Crippen molar-refractivity contribution >= 4 is 52.5 Å². The summed E-state index contributed by atoms with van der Waals surface area (Å²) in [4.78, 5) is 83.3. The van der Waals surface area contributed by atoms with Gasteiger partial charge in [-0.1, -0.05) is 13.8 Å². The molecule has 10 aromatic heterocycles. The Bertz CT molecular complexity index is 6460. The number of amides is 1. The lowest BCUT2D eigenvalue weighted by Crippen LogP contribution is -2.32. The van der Waals surface area contributed by atoms with Crippen LogP contribution >= 0.6 is 0 Å². The molecule has 0 bridgehead atoms. The number of ether oxygens (including phenoxy) is 12. The molecule has 7 fully saturated rings. The van der Waals surface area contributed by atoms with Crippen LogP contribution in [-0.2, 0) is 18.9 Å². The third-order valence-electron chi connectivity index (χ3n) is 26.9. The van der Waals surface area contributed by atoms with E-state index in [1.165, 1.54) is 37.3 Å². The zero-order chi connectivity index (χ0) is 103. The Kier molecular flexibility index (Phi) is 37.3. The zero-order valence-electron chi connectivity index (χ0n) is 84.9. The maximum atomic E-state index is 12.3. The molecular weight excluding hydrogens is 1880 g/mol. The van der Waals surface area contributed by atoms with Gasteiger partial charge < -0.3 is 97.7 Å². The lowest BCUT2D eigenvalue weighted by Gasteiger charge is -2.31. The third kappa shape index (κ3) is 28.2. The Morgan fingerprint density at radius 2 is 0.682 bits per heavy atom. The number of nitrogens with zero attached hydrogens (tertiary/aromatic N) is 22. The SMILES string of the molecule is CCN1CCC(c2ccc(Nc3cc(-c4ccc(OC5CCOCC5)c(C#N)c4)ncn3)nc2OC)CC1.CCN1CCC(c2ccc(Nc3cc(-c4ccc(OC5CCOCC5)c(C#N)c4)ncn3)nc2OC)CC1.COc1nc(Nc2cc(-c3cc(C#N)c(OC4CCOCC4)cn3)ncn2)ccc1C(=O)N(C)C.COc1nc(Nc2cc(-c3ccc(OC4CCOCC4)c(C#N)n3)ncn2)ccc1C1CCN(C)CC1. The Balaban J connectivity index is 0.000000141. The molecule has 7 aliphatic rings. The van der Waals surface area contributed by atoms with Crippen molar-refractivity contribution in [1.29, 1.82) is 21.0 Å². The maximum Gasteiger partial charge on any atom is 0.258 e. The van der Waals surface area contributed by atoms with Gasteiger partial charge in [-0.2, -0.15) is 41.0 Å². The van der Waals surface area contributed by atoms with E-state index in [2.05, 4.69) is 159 Å². The number of hydrogen-bond acceptors (Lipinski definition) is 38. The average Bonchev–Trinajstić information content (AvgIpc) is 0.816. The van der Waals surface area contributed by atoms with Gasteiger partial charge in [0.05, 0.1) is 138 Å². The van der Waals surface area contributed by atoms with Crippen LogP contribution in [0.5, 0.6) is 46.5 Å². The van der Waals surface area contributed by atoms with E-state index in [0.29, 0.717) is 214 Å². The largest absolute Gasteiger partial charge is 0.489 e. The highest BCUT2D eigenvalue weighted by molar-refractivity contribution is 5.96. The van der Waals surface area contributed by atoms with Crippen molar-refractivity contribution in [3.8, 4) is 116 Å². The van der Waals surface area contributed by atoms with Gasteiger partial charge in [-0.15, -0.1) is 0 Å². The number of nitriles is 4. The molecule has 39 heteroatoms. The summed E-state index contributed by atoms with van der Waals surface area (Å²) in [7, 11) is 11.9. The van der Waals surface area contributed by atoms with Crippen molar-refractivity contribution < 1.29 is 61.6 Å². The normalized spacial score (nSPS) is 16.3. The van der Waals surface area contributed by atoms with Crippen LogP contribution in [-0.4, -0.2) is 274 Å². The fourth-order valence-electron chi connectivity index (χ4n) is 18.5. The van der Waals surface area contributed by atoms with Gasteiger partial charge in [0.1, 0.15) is 138 Å². The number of likely N-dealkylation sites (tertiary alicyclic amines) is 3. The van der Waals surface area contributed by atoms with Gasteiger partial charge in [-0.3, -0.25) is 9.78 Å². The number of pyridine rings is 6. The summed E-state index contributed by atoms with van der Waals surface area (Å²) in [6.45, 7) is 18.5. The number of piperidine rings is 3. The van der Waals surface area contributed by atoms with E-state index >= 15 is 0 Å². The highest BCUT2D eigenvalue weighted by atomic mass is 16.5. The van der Waals surface area contributed by atoms with Crippen LogP contribution in [0.4, 0.5) is 46.5 Å². The van der Waals surface area contributed by atoms with E-state index in [1.54, 1.807) is 96.2 Å². The first-order valence-electron chi connectivity index (χ1n) is 50.2. The molecule has 0 spiro atoms. The quantitative estimate of drug-likeness (QED) is 0.0325. The third-order valence-corrected chi connectivity index (χ3v) is 26.9. The van der Waals surface area contributed by atoms with Crippen molar-refractivity contribution in [1.82, 2.24) is 89.4 Å². The summed E-state index contributed by atoms with van der Waals surface area (Å²) in [5.41, 5.74) is 10.6. The van der Waals surface area contributed by atoms with Gasteiger partial charge in [-0.25, -0.2) is 44.9 Å². The molecule has 0 atom stereocenters. The summed E-state index contributed by atoms with van der Waals surface area (Å²) >= 11 is 0. The van der Waals surface area contributed by atoms with Crippen molar-refractivity contribution in [3.63, 3.8) is 0 Å². The van der Waals surface area contributed by atoms with Crippen molar-refractivity contribution in [2.75, 3.05) is 176 Å². The number of nitrogens with one attached hydrogen (secondary N) is 4. The molecular formula is C109H124N26O13. The summed E-state index contributed by atoms with van der Waals surface area (Å²) in [6, 6.07) is 47.9. The predicted octanol–water partition coefficient (Wildman–Crippen LogP) is 16.6. The monoisotopic (exact) mass is 2000 g/mol. The smallest absolute Gasteiger partial charge is 0.258 e. The fraction of sp³-hybridized carbons (Fsp3) is 0.422. The van der Waals surface area contributed by atoms with Crippen LogP contribution in [0.1, 0.15) is 171 Å². The second kappa shape index (κ2) is 52.5. The second-order valence-electron chi connectivity index (χ2n) is 36.7. The molecule has 0 aliphatic carbocycles. The molecule has 39 nitrogen and oxygen atoms in total. The minimum Gasteiger partial charge on any atom is -0.489 e. The summed E-state index contributed by atoms with van der Waals surface area (Å²) in [6.07, 6.45) is 20.6. The van der Waals surface area contributed by atoms with Crippen LogP contribution in [0, 0.1) is 45.3 Å². The highest BCUT2D eigenvalue weighted by Crippen LogP contribution is 2.41. The number of hydrogen-bond donors (Lipinski definition) is 4. The summed E-state index contributed by atoms with van der Waals surface area (Å²) in [5, 5.41) is 51.7. The number of methoxy groups -OCH3 is 4. The van der Waals surface area contributed by atoms with E-state index in [4.69, 9.17) is 66.8 Å². The minimum absolute atomic E-state index is 0.00209. The standard InChI is InChI=1S/2C29H34N6O3.C27H31N7O3.C24H25N7O4/c2*1-3-35-12-8-20(9-13-35)24-5-7-27(34-29(24)36-2)33-28-17-25(31-19-32-28)21-4-6-26(22(16-21)18-30)38-23-10-14-37-15-11-23;1-34-11-7-18(8-12-34)20-3-6-25(33-27(20)35-2)32-26-15-22(29-17-30-26)21-4-5-24(23(16-28)31-21)37-19-9-13-36-14-10-19;1-31(2)24(32)17-4-5-21(30-23(17)33-3)29-22-11-19(27-14-28-22)18-10-15(12-25)20(13-26-18)35-16-6-8-34-9-7-16/h2*4-7,16-17,19-20,23H,3,8-15H2,1-2H3,(H,31,32,33,34);3-6,15,17-19H,7-14H2,1-2H3,(H,29,30,32,33);4-5,10-11,13-14,16H,6-9H2,1-3H3,(H,27,28,29,30). The van der Waals surface area contributed by atoms with Gasteiger partial charge in [0.25, 0.3) is 5.91 Å². The van der Waals surface area contributed by atoms with Crippen LogP contribution < -0.4 is 59.2 Å². The summed E-state index contributed by atoms with van der Waals surface area (Å²) < 4.78 is 68.0. The Labute approximate surface area is 861 Å². The first kappa shape index (κ1) is 105. The number of carbonyl (C=O) groups is 1. The molecule has 4 N–H and O–H groups in total. The number of aromatic nitrogens is 14. The van der Waals surface area contributed by atoms with Crippen LogP contribution in [0.3, 0.4) is 0 Å². The topological polar surface area (TPSA) is 465 Å². The Hall–Kier alpha value is -15.6. The van der Waals surface area contributed by atoms with Gasteiger partial charge in [0.15, 0.2) is 17.2 Å². The molecule has 12 aromatic rings. The molecule has 1 amide bonds. The first-order chi connectivity index (χ1) is 72.4. The maximum absolute atomic E-state index is 12.3. The molecule has 0 radical (unpaired) electrons. The number of carbonyl (C=O) groups excluding carboxylic acids is 1. The molecule has 0 unspecified atom stereocenters. The molecule has 2 aromatic carbocycles. The van der Waals surface area contributed by atoms with E-state index in [1.807, 2.05) is 54.6 Å². The van der Waals surface area contributed by atoms with Gasteiger partial charge in [0, 0.05) is 118 Å². The molecule has 0 saturated carbocycles. The van der Waals surface area contributed by atoms with Crippen molar-refractivity contribution in [2.45, 2.75) is 146 Å². The molecule has 17 heterocycles.